The van der Waals surface area contributed by atoms with Gasteiger partial charge in [0.25, 0.3) is 0 Å². The van der Waals surface area contributed by atoms with Crippen molar-refractivity contribution in [3.8, 4) is 5.69 Å². The van der Waals surface area contributed by atoms with E-state index in [0.717, 1.165) is 37.3 Å². The van der Waals surface area contributed by atoms with Crippen LogP contribution in [0.5, 0.6) is 0 Å². The van der Waals surface area contributed by atoms with Gasteiger partial charge in [0, 0.05) is 5.92 Å². The number of carbonyl (C=O) groups is 1. The molecule has 0 unspecified atom stereocenters. The molecule has 6 heteroatoms. The summed E-state index contributed by atoms with van der Waals surface area (Å²) in [7, 11) is 0. The first-order chi connectivity index (χ1) is 9.84. The van der Waals surface area contributed by atoms with Crippen molar-refractivity contribution in [2.24, 2.45) is 5.92 Å². The van der Waals surface area contributed by atoms with Crippen LogP contribution in [0.1, 0.15) is 12.8 Å². The molecular formula is C14H17N5O. The molecule has 0 bridgehead atoms. The van der Waals surface area contributed by atoms with Crippen LogP contribution in [0.3, 0.4) is 0 Å². The molecule has 1 aliphatic rings. The minimum atomic E-state index is 0.0825. The maximum atomic E-state index is 12.3. The molecule has 2 aromatic rings. The molecule has 1 amide bonds. The molecule has 2 N–H and O–H groups in total. The van der Waals surface area contributed by atoms with Crippen LogP contribution >= 0.6 is 0 Å². The second kappa shape index (κ2) is 5.83. The summed E-state index contributed by atoms with van der Waals surface area (Å²) in [5, 5.41) is 14.1. The van der Waals surface area contributed by atoms with Crippen LogP contribution in [0.25, 0.3) is 5.69 Å². The first-order valence-corrected chi connectivity index (χ1v) is 6.82. The molecule has 0 atom stereocenters. The van der Waals surface area contributed by atoms with Crippen LogP contribution in [-0.2, 0) is 4.79 Å². The van der Waals surface area contributed by atoms with Gasteiger partial charge in [0.1, 0.15) is 0 Å². The van der Waals surface area contributed by atoms with Gasteiger partial charge in [-0.3, -0.25) is 4.79 Å². The van der Waals surface area contributed by atoms with E-state index in [2.05, 4.69) is 20.9 Å². The summed E-state index contributed by atoms with van der Waals surface area (Å²) < 4.78 is 1.65. The third kappa shape index (κ3) is 2.70. The Kier molecular flexibility index (Phi) is 3.73. The number of nitrogens with zero attached hydrogens (tertiary/aromatic N) is 3. The molecule has 2 heterocycles. The molecular weight excluding hydrogens is 254 g/mol. The maximum Gasteiger partial charge on any atom is 0.227 e. The molecule has 3 rings (SSSR count). The second-order valence-corrected chi connectivity index (χ2v) is 4.88. The minimum Gasteiger partial charge on any atom is -0.324 e. The SMILES string of the molecule is O=C(Nc1ccccc1-n1ccnn1)C1CCNCC1. The third-order valence-corrected chi connectivity index (χ3v) is 3.54. The quantitative estimate of drug-likeness (QED) is 0.880. The van der Waals surface area contributed by atoms with Crippen molar-refractivity contribution in [3.63, 3.8) is 0 Å². The highest BCUT2D eigenvalue weighted by molar-refractivity contribution is 5.94. The van der Waals surface area contributed by atoms with E-state index in [9.17, 15) is 4.79 Å². The molecule has 1 saturated heterocycles. The minimum absolute atomic E-state index is 0.0825. The molecule has 0 radical (unpaired) electrons. The Hall–Kier alpha value is -2.21. The highest BCUT2D eigenvalue weighted by Crippen LogP contribution is 2.21. The highest BCUT2D eigenvalue weighted by Gasteiger charge is 2.21. The summed E-state index contributed by atoms with van der Waals surface area (Å²) in [6.45, 7) is 1.81. The Bertz CT molecular complexity index is 575. The van der Waals surface area contributed by atoms with Crippen molar-refractivity contribution in [3.05, 3.63) is 36.7 Å². The van der Waals surface area contributed by atoms with E-state index in [1.54, 1.807) is 17.1 Å². The summed E-state index contributed by atoms with van der Waals surface area (Å²) in [4.78, 5) is 12.3. The van der Waals surface area contributed by atoms with Gasteiger partial charge >= 0.3 is 0 Å². The van der Waals surface area contributed by atoms with E-state index in [1.807, 2.05) is 24.3 Å². The summed E-state index contributed by atoms with van der Waals surface area (Å²) in [5.41, 5.74) is 1.59. The molecule has 1 aromatic carbocycles. The molecule has 0 saturated carbocycles. The molecule has 0 aliphatic carbocycles. The number of nitrogens with one attached hydrogen (secondary N) is 2. The van der Waals surface area contributed by atoms with Gasteiger partial charge in [0.15, 0.2) is 0 Å². The fourth-order valence-corrected chi connectivity index (χ4v) is 2.43. The predicted molar refractivity (Wildman–Crippen MR) is 75.6 cm³/mol. The van der Waals surface area contributed by atoms with Crippen LogP contribution in [0.2, 0.25) is 0 Å². The van der Waals surface area contributed by atoms with Crippen LogP contribution in [-0.4, -0.2) is 34.0 Å². The van der Waals surface area contributed by atoms with E-state index < -0.39 is 0 Å². The maximum absolute atomic E-state index is 12.3. The smallest absolute Gasteiger partial charge is 0.227 e. The standard InChI is InChI=1S/C14H17N5O/c20-14(11-5-7-15-8-6-11)17-12-3-1-2-4-13(12)19-10-9-16-18-19/h1-4,9-11,15H,5-8H2,(H,17,20). The van der Waals surface area contributed by atoms with Gasteiger partial charge in [0.05, 0.1) is 23.8 Å². The van der Waals surface area contributed by atoms with Gasteiger partial charge in [-0.2, -0.15) is 0 Å². The van der Waals surface area contributed by atoms with Crippen LogP contribution in [0.15, 0.2) is 36.7 Å². The van der Waals surface area contributed by atoms with Gasteiger partial charge in [-0.05, 0) is 38.1 Å². The molecule has 1 fully saturated rings. The van der Waals surface area contributed by atoms with Crippen LogP contribution in [0.4, 0.5) is 5.69 Å². The average molecular weight is 271 g/mol. The summed E-state index contributed by atoms with van der Waals surface area (Å²) >= 11 is 0. The Balaban J connectivity index is 1.79. The lowest BCUT2D eigenvalue weighted by molar-refractivity contribution is -0.120. The Morgan fingerprint density at radius 2 is 2.10 bits per heavy atom. The van der Waals surface area contributed by atoms with Gasteiger partial charge in [-0.15, -0.1) is 5.10 Å². The number of anilines is 1. The number of piperidine rings is 1. The molecule has 104 valence electrons. The molecule has 6 nitrogen and oxygen atoms in total. The van der Waals surface area contributed by atoms with Gasteiger partial charge < -0.3 is 10.6 Å². The number of benzene rings is 1. The lowest BCUT2D eigenvalue weighted by atomic mass is 9.97. The number of hydrogen-bond acceptors (Lipinski definition) is 4. The van der Waals surface area contributed by atoms with Crippen LogP contribution < -0.4 is 10.6 Å². The van der Waals surface area contributed by atoms with Crippen LogP contribution in [0, 0.1) is 5.92 Å². The Morgan fingerprint density at radius 3 is 2.85 bits per heavy atom. The number of carbonyl (C=O) groups excluding carboxylic acids is 1. The first kappa shape index (κ1) is 12.8. The number of aromatic nitrogens is 3. The summed E-state index contributed by atoms with van der Waals surface area (Å²) in [6, 6.07) is 7.61. The zero-order valence-electron chi connectivity index (χ0n) is 11.1. The summed E-state index contributed by atoms with van der Waals surface area (Å²) in [6.07, 6.45) is 5.15. The Morgan fingerprint density at radius 1 is 1.30 bits per heavy atom. The Labute approximate surface area is 117 Å². The normalized spacial score (nSPS) is 16.0. The van der Waals surface area contributed by atoms with Crippen molar-refractivity contribution in [2.45, 2.75) is 12.8 Å². The van der Waals surface area contributed by atoms with E-state index >= 15 is 0 Å². The third-order valence-electron chi connectivity index (χ3n) is 3.54. The van der Waals surface area contributed by atoms with Crippen molar-refractivity contribution in [1.29, 1.82) is 0 Å². The fourth-order valence-electron chi connectivity index (χ4n) is 2.43. The molecule has 0 spiro atoms. The van der Waals surface area contributed by atoms with E-state index in [-0.39, 0.29) is 11.8 Å². The molecule has 1 aromatic heterocycles. The fraction of sp³-hybridized carbons (Fsp3) is 0.357. The molecule has 20 heavy (non-hydrogen) atoms. The number of amides is 1. The van der Waals surface area contributed by atoms with Gasteiger partial charge in [-0.1, -0.05) is 17.3 Å². The predicted octanol–water partition coefficient (Wildman–Crippen LogP) is 1.21. The topological polar surface area (TPSA) is 71.8 Å². The summed E-state index contributed by atoms with van der Waals surface area (Å²) in [5.74, 6) is 0.166. The zero-order chi connectivity index (χ0) is 13.8. The van der Waals surface area contributed by atoms with Crippen molar-refractivity contribution in [2.75, 3.05) is 18.4 Å². The lowest BCUT2D eigenvalue weighted by Crippen LogP contribution is -2.34. The second-order valence-electron chi connectivity index (χ2n) is 4.88. The van der Waals surface area contributed by atoms with Crippen molar-refractivity contribution < 1.29 is 4.79 Å². The lowest BCUT2D eigenvalue weighted by Gasteiger charge is -2.22. The average Bonchev–Trinajstić information content (AvgIpc) is 3.03. The first-order valence-electron chi connectivity index (χ1n) is 6.82. The number of hydrogen-bond donors (Lipinski definition) is 2. The zero-order valence-corrected chi connectivity index (χ0v) is 11.1. The van der Waals surface area contributed by atoms with E-state index in [4.69, 9.17) is 0 Å². The highest BCUT2D eigenvalue weighted by atomic mass is 16.1. The number of rotatable bonds is 3. The van der Waals surface area contributed by atoms with Gasteiger partial charge in [0.2, 0.25) is 5.91 Å². The number of para-hydroxylation sites is 2. The van der Waals surface area contributed by atoms with E-state index in [0.29, 0.717) is 0 Å². The monoisotopic (exact) mass is 271 g/mol. The van der Waals surface area contributed by atoms with E-state index in [1.165, 1.54) is 0 Å². The largest absolute Gasteiger partial charge is 0.324 e. The van der Waals surface area contributed by atoms with Gasteiger partial charge in [-0.25, -0.2) is 4.68 Å². The van der Waals surface area contributed by atoms with Crippen molar-refractivity contribution >= 4 is 11.6 Å². The molecule has 1 aliphatic heterocycles. The van der Waals surface area contributed by atoms with Crippen molar-refractivity contribution in [1.82, 2.24) is 20.3 Å².